The molecule has 0 atom stereocenters. The second kappa shape index (κ2) is 2.75. The summed E-state index contributed by atoms with van der Waals surface area (Å²) >= 11 is 0. The summed E-state index contributed by atoms with van der Waals surface area (Å²) in [6.45, 7) is 1.50. The average molecular weight is 167 g/mol. The van der Waals surface area contributed by atoms with E-state index >= 15 is 0 Å². The van der Waals surface area contributed by atoms with E-state index in [-0.39, 0.29) is 11.6 Å². The van der Waals surface area contributed by atoms with Gasteiger partial charge in [-0.1, -0.05) is 0 Å². The number of halogens is 1. The predicted molar refractivity (Wildman–Crippen MR) is 43.5 cm³/mol. The van der Waals surface area contributed by atoms with E-state index in [1.807, 2.05) is 0 Å². The van der Waals surface area contributed by atoms with Crippen molar-refractivity contribution in [3.8, 4) is 5.75 Å². The number of aromatic hydroxyl groups is 1. The van der Waals surface area contributed by atoms with E-state index in [1.54, 1.807) is 0 Å². The summed E-state index contributed by atoms with van der Waals surface area (Å²) in [5.74, 6) is -0.287. The third-order valence-corrected chi connectivity index (χ3v) is 2.16. The molecule has 0 aromatic heterocycles. The second-order valence-electron chi connectivity index (χ2n) is 2.99. The molecule has 0 fully saturated rings. The van der Waals surface area contributed by atoms with Crippen LogP contribution < -0.4 is 5.32 Å². The van der Waals surface area contributed by atoms with Crippen LogP contribution in [0.15, 0.2) is 12.1 Å². The number of hydrogen-bond donors (Lipinski definition) is 2. The fourth-order valence-corrected chi connectivity index (χ4v) is 1.54. The van der Waals surface area contributed by atoms with Gasteiger partial charge >= 0.3 is 0 Å². The first-order valence-corrected chi connectivity index (χ1v) is 3.98. The van der Waals surface area contributed by atoms with E-state index in [9.17, 15) is 9.50 Å². The van der Waals surface area contributed by atoms with Gasteiger partial charge in [0.05, 0.1) is 0 Å². The molecule has 2 nitrogen and oxygen atoms in total. The number of rotatable bonds is 0. The Balaban J connectivity index is 2.53. The highest BCUT2D eigenvalue weighted by Crippen LogP contribution is 2.25. The van der Waals surface area contributed by atoms with Gasteiger partial charge in [0, 0.05) is 18.2 Å². The van der Waals surface area contributed by atoms with Gasteiger partial charge in [0.2, 0.25) is 0 Å². The van der Waals surface area contributed by atoms with Crippen LogP contribution >= 0.6 is 0 Å². The molecule has 0 unspecified atom stereocenters. The molecule has 0 bridgehead atoms. The fraction of sp³-hybridized carbons (Fsp3) is 0.333. The maximum atomic E-state index is 12.8. The van der Waals surface area contributed by atoms with E-state index in [0.717, 1.165) is 30.2 Å². The van der Waals surface area contributed by atoms with E-state index in [2.05, 4.69) is 5.32 Å². The van der Waals surface area contributed by atoms with Gasteiger partial charge in [0.25, 0.3) is 0 Å². The lowest BCUT2D eigenvalue weighted by atomic mass is 10.0. The van der Waals surface area contributed by atoms with Gasteiger partial charge in [-0.15, -0.1) is 0 Å². The highest BCUT2D eigenvalue weighted by Gasteiger charge is 2.13. The predicted octanol–water partition coefficient (Wildman–Crippen LogP) is 1.18. The maximum absolute atomic E-state index is 12.8. The van der Waals surface area contributed by atoms with E-state index < -0.39 is 0 Å². The van der Waals surface area contributed by atoms with Crippen molar-refractivity contribution in [3.63, 3.8) is 0 Å². The van der Waals surface area contributed by atoms with Crippen LogP contribution in [-0.4, -0.2) is 11.7 Å². The number of nitrogens with one attached hydrogen (secondary N) is 1. The van der Waals surface area contributed by atoms with Gasteiger partial charge in [-0.25, -0.2) is 4.39 Å². The number of phenols is 1. The van der Waals surface area contributed by atoms with Crippen LogP contribution in [0.1, 0.15) is 11.1 Å². The minimum Gasteiger partial charge on any atom is -0.508 e. The quantitative estimate of drug-likeness (QED) is 0.608. The van der Waals surface area contributed by atoms with Crippen LogP contribution in [0, 0.1) is 5.82 Å². The Morgan fingerprint density at radius 3 is 3.08 bits per heavy atom. The lowest BCUT2D eigenvalue weighted by Gasteiger charge is -2.17. The summed E-state index contributed by atoms with van der Waals surface area (Å²) in [7, 11) is 0. The first-order valence-electron chi connectivity index (χ1n) is 3.98. The first kappa shape index (κ1) is 7.55. The molecule has 64 valence electrons. The monoisotopic (exact) mass is 167 g/mol. The van der Waals surface area contributed by atoms with Crippen LogP contribution in [0.2, 0.25) is 0 Å². The summed E-state index contributed by atoms with van der Waals surface area (Å²) in [4.78, 5) is 0. The molecule has 0 radical (unpaired) electrons. The van der Waals surface area contributed by atoms with Crippen LogP contribution in [0.5, 0.6) is 5.75 Å². The van der Waals surface area contributed by atoms with Crippen molar-refractivity contribution in [1.29, 1.82) is 0 Å². The highest BCUT2D eigenvalue weighted by molar-refractivity contribution is 5.41. The van der Waals surface area contributed by atoms with Crippen molar-refractivity contribution in [1.82, 2.24) is 5.32 Å². The van der Waals surface area contributed by atoms with Gasteiger partial charge in [-0.3, -0.25) is 0 Å². The van der Waals surface area contributed by atoms with Gasteiger partial charge in [-0.2, -0.15) is 0 Å². The molecule has 0 amide bonds. The number of fused-ring (bicyclic) bond motifs is 1. The topological polar surface area (TPSA) is 32.3 Å². The van der Waals surface area contributed by atoms with E-state index in [1.165, 1.54) is 6.07 Å². The SMILES string of the molecule is Oc1cc(F)cc2c1CNCC2. The van der Waals surface area contributed by atoms with Gasteiger partial charge in [0.15, 0.2) is 0 Å². The van der Waals surface area contributed by atoms with Crippen LogP contribution in [0.3, 0.4) is 0 Å². The third kappa shape index (κ3) is 1.16. The minimum absolute atomic E-state index is 0.0669. The Labute approximate surface area is 70.0 Å². The van der Waals surface area contributed by atoms with Crippen LogP contribution in [0.25, 0.3) is 0 Å². The number of hydrogen-bond acceptors (Lipinski definition) is 2. The van der Waals surface area contributed by atoms with E-state index in [0.29, 0.717) is 6.54 Å². The minimum atomic E-state index is -0.354. The molecule has 1 aromatic carbocycles. The molecule has 12 heavy (non-hydrogen) atoms. The Hall–Kier alpha value is -1.09. The van der Waals surface area contributed by atoms with Crippen molar-refractivity contribution in [2.24, 2.45) is 0 Å². The van der Waals surface area contributed by atoms with Crippen molar-refractivity contribution in [3.05, 3.63) is 29.1 Å². The smallest absolute Gasteiger partial charge is 0.127 e. The Bertz CT molecular complexity index is 312. The molecule has 1 aliphatic rings. The van der Waals surface area contributed by atoms with Crippen LogP contribution in [-0.2, 0) is 13.0 Å². The Kier molecular flexibility index (Phi) is 1.73. The standard InChI is InChI=1S/C9H10FNO/c10-7-3-6-1-2-11-5-8(6)9(12)4-7/h3-4,11-12H,1-2,5H2. The summed E-state index contributed by atoms with van der Waals surface area (Å²) < 4.78 is 12.8. The molecule has 2 N–H and O–H groups in total. The van der Waals surface area contributed by atoms with Gasteiger partial charge in [0.1, 0.15) is 11.6 Å². The molecule has 0 saturated heterocycles. The lowest BCUT2D eigenvalue weighted by Crippen LogP contribution is -2.23. The zero-order valence-corrected chi connectivity index (χ0v) is 6.60. The molecule has 1 aliphatic heterocycles. The van der Waals surface area contributed by atoms with Crippen molar-refractivity contribution in [2.75, 3.05) is 6.54 Å². The average Bonchev–Trinajstić information content (AvgIpc) is 2.04. The zero-order valence-electron chi connectivity index (χ0n) is 6.60. The van der Waals surface area contributed by atoms with Crippen molar-refractivity contribution < 1.29 is 9.50 Å². The van der Waals surface area contributed by atoms with Gasteiger partial charge in [-0.05, 0) is 24.6 Å². The van der Waals surface area contributed by atoms with Crippen LogP contribution in [0.4, 0.5) is 4.39 Å². The molecule has 0 spiro atoms. The normalized spacial score (nSPS) is 15.8. The molecule has 1 aromatic rings. The molecular weight excluding hydrogens is 157 g/mol. The molecule has 2 rings (SSSR count). The second-order valence-corrected chi connectivity index (χ2v) is 2.99. The molecule has 0 aliphatic carbocycles. The number of phenolic OH excluding ortho intramolecular Hbond substituents is 1. The number of benzene rings is 1. The van der Waals surface area contributed by atoms with Crippen molar-refractivity contribution in [2.45, 2.75) is 13.0 Å². The molecule has 3 heteroatoms. The first-order chi connectivity index (χ1) is 5.77. The fourth-order valence-electron chi connectivity index (χ4n) is 1.54. The molecule has 1 heterocycles. The summed E-state index contributed by atoms with van der Waals surface area (Å²) in [5.41, 5.74) is 1.76. The zero-order chi connectivity index (χ0) is 8.55. The third-order valence-electron chi connectivity index (χ3n) is 2.16. The highest BCUT2D eigenvalue weighted by atomic mass is 19.1. The maximum Gasteiger partial charge on any atom is 0.127 e. The lowest BCUT2D eigenvalue weighted by molar-refractivity contribution is 0.452. The van der Waals surface area contributed by atoms with Crippen molar-refractivity contribution >= 4 is 0 Å². The van der Waals surface area contributed by atoms with Gasteiger partial charge < -0.3 is 10.4 Å². The largest absolute Gasteiger partial charge is 0.508 e. The summed E-state index contributed by atoms with van der Waals surface area (Å²) in [6.07, 6.45) is 0.792. The Morgan fingerprint density at radius 2 is 2.25 bits per heavy atom. The van der Waals surface area contributed by atoms with E-state index in [4.69, 9.17) is 0 Å². The molecule has 0 saturated carbocycles. The summed E-state index contributed by atoms with van der Waals surface area (Å²) in [6, 6.07) is 2.65. The summed E-state index contributed by atoms with van der Waals surface area (Å²) in [5, 5.41) is 12.5. The molecular formula is C9H10FNO. The Morgan fingerprint density at radius 1 is 1.42 bits per heavy atom.